The average Bonchev–Trinajstić information content (AvgIpc) is 2.49. The fourth-order valence-corrected chi connectivity index (χ4v) is 2.61. The van der Waals surface area contributed by atoms with Crippen LogP contribution >= 0.6 is 0 Å². The van der Waals surface area contributed by atoms with Crippen molar-refractivity contribution in [2.24, 2.45) is 0 Å². The second-order valence-corrected chi connectivity index (χ2v) is 5.78. The summed E-state index contributed by atoms with van der Waals surface area (Å²) in [6, 6.07) is 5.42. The highest BCUT2D eigenvalue weighted by molar-refractivity contribution is 5.53. The van der Waals surface area contributed by atoms with Crippen molar-refractivity contribution in [3.05, 3.63) is 23.9 Å². The van der Waals surface area contributed by atoms with Crippen LogP contribution in [0.25, 0.3) is 11.5 Å². The molecule has 122 valence electrons. The number of alkyl halides is 2. The molecule has 3 N–H and O–H groups in total. The number of nitrogens with zero attached hydrogens (tertiary/aromatic N) is 4. The maximum absolute atomic E-state index is 13.2. The van der Waals surface area contributed by atoms with Crippen molar-refractivity contribution in [3.8, 4) is 11.5 Å². The van der Waals surface area contributed by atoms with Crippen molar-refractivity contribution in [2.45, 2.75) is 44.6 Å². The molecule has 0 amide bonds. The fraction of sp³-hybridized carbons (Fsp3) is 0.467. The van der Waals surface area contributed by atoms with Crippen LogP contribution < -0.4 is 11.1 Å². The van der Waals surface area contributed by atoms with Gasteiger partial charge in [0.25, 0.3) is 0 Å². The molecule has 1 saturated carbocycles. The van der Waals surface area contributed by atoms with Gasteiger partial charge >= 0.3 is 0 Å². The maximum Gasteiger partial charge on any atom is 0.248 e. The third-order valence-electron chi connectivity index (χ3n) is 3.82. The number of hydrogen-bond donors (Lipinski definition) is 2. The SMILES string of the molecule is Cc1cccc(-c2nc(N)nc(NC3CCC(F)(F)CC3)n2)n1. The van der Waals surface area contributed by atoms with E-state index in [1.807, 2.05) is 19.1 Å². The summed E-state index contributed by atoms with van der Waals surface area (Å²) in [7, 11) is 0. The van der Waals surface area contributed by atoms with Gasteiger partial charge in [0.2, 0.25) is 17.8 Å². The Balaban J connectivity index is 1.78. The number of nitrogens with two attached hydrogens (primary N) is 1. The summed E-state index contributed by atoms with van der Waals surface area (Å²) in [6.07, 6.45) is 0.488. The van der Waals surface area contributed by atoms with E-state index in [-0.39, 0.29) is 24.8 Å². The minimum absolute atomic E-state index is 0.0712. The highest BCUT2D eigenvalue weighted by Gasteiger charge is 2.35. The quantitative estimate of drug-likeness (QED) is 0.904. The molecule has 0 saturated heterocycles. The predicted molar refractivity (Wildman–Crippen MR) is 83.0 cm³/mol. The normalized spacial score (nSPS) is 17.9. The number of nitrogen functional groups attached to an aromatic ring is 1. The Labute approximate surface area is 132 Å². The van der Waals surface area contributed by atoms with Crippen molar-refractivity contribution in [2.75, 3.05) is 11.1 Å². The molecule has 0 aliphatic heterocycles. The number of pyridine rings is 1. The second kappa shape index (κ2) is 6.02. The van der Waals surface area contributed by atoms with Crippen LogP contribution in [0.1, 0.15) is 31.4 Å². The van der Waals surface area contributed by atoms with Gasteiger partial charge in [-0.2, -0.15) is 15.0 Å². The number of hydrogen-bond acceptors (Lipinski definition) is 6. The fourth-order valence-electron chi connectivity index (χ4n) is 2.61. The van der Waals surface area contributed by atoms with E-state index in [1.54, 1.807) is 6.07 Å². The Morgan fingerprint density at radius 2 is 1.87 bits per heavy atom. The molecule has 0 bridgehead atoms. The zero-order valence-electron chi connectivity index (χ0n) is 12.8. The Morgan fingerprint density at radius 3 is 2.57 bits per heavy atom. The van der Waals surface area contributed by atoms with E-state index in [1.165, 1.54) is 0 Å². The van der Waals surface area contributed by atoms with Gasteiger partial charge in [-0.15, -0.1) is 0 Å². The molecule has 3 rings (SSSR count). The summed E-state index contributed by atoms with van der Waals surface area (Å²) < 4.78 is 26.4. The van der Waals surface area contributed by atoms with Gasteiger partial charge in [-0.25, -0.2) is 13.8 Å². The van der Waals surface area contributed by atoms with Crippen molar-refractivity contribution < 1.29 is 8.78 Å². The van der Waals surface area contributed by atoms with E-state index in [0.29, 0.717) is 30.3 Å². The smallest absolute Gasteiger partial charge is 0.248 e. The second-order valence-electron chi connectivity index (χ2n) is 5.78. The molecule has 0 atom stereocenters. The first-order chi connectivity index (χ1) is 10.9. The molecule has 0 unspecified atom stereocenters. The lowest BCUT2D eigenvalue weighted by atomic mass is 9.92. The van der Waals surface area contributed by atoms with Crippen molar-refractivity contribution >= 4 is 11.9 Å². The molecular weight excluding hydrogens is 302 g/mol. The topological polar surface area (TPSA) is 89.6 Å². The van der Waals surface area contributed by atoms with Gasteiger partial charge in [-0.1, -0.05) is 6.07 Å². The van der Waals surface area contributed by atoms with Crippen LogP contribution in [0.15, 0.2) is 18.2 Å². The summed E-state index contributed by atoms with van der Waals surface area (Å²) in [4.78, 5) is 16.8. The van der Waals surface area contributed by atoms with Gasteiger partial charge < -0.3 is 11.1 Å². The van der Waals surface area contributed by atoms with Gasteiger partial charge in [0.15, 0.2) is 5.82 Å². The van der Waals surface area contributed by atoms with Crippen LogP contribution in [0, 0.1) is 6.92 Å². The van der Waals surface area contributed by atoms with Crippen molar-refractivity contribution in [3.63, 3.8) is 0 Å². The first kappa shape index (κ1) is 15.5. The minimum Gasteiger partial charge on any atom is -0.368 e. The van der Waals surface area contributed by atoms with Crippen LogP contribution in [0.4, 0.5) is 20.7 Å². The van der Waals surface area contributed by atoms with Crippen LogP contribution in [-0.4, -0.2) is 31.9 Å². The maximum atomic E-state index is 13.2. The number of aryl methyl sites for hydroxylation is 1. The molecule has 0 radical (unpaired) electrons. The summed E-state index contributed by atoms with van der Waals surface area (Å²) in [5.74, 6) is -1.83. The van der Waals surface area contributed by atoms with E-state index in [0.717, 1.165) is 5.69 Å². The van der Waals surface area contributed by atoms with Gasteiger partial charge in [0.05, 0.1) is 0 Å². The lowest BCUT2D eigenvalue weighted by molar-refractivity contribution is -0.0361. The molecule has 8 heteroatoms. The molecule has 1 fully saturated rings. The third kappa shape index (κ3) is 3.88. The number of rotatable bonds is 3. The van der Waals surface area contributed by atoms with Crippen molar-refractivity contribution in [1.82, 2.24) is 19.9 Å². The number of halogens is 2. The zero-order chi connectivity index (χ0) is 16.4. The van der Waals surface area contributed by atoms with Gasteiger partial charge in [-0.05, 0) is 31.9 Å². The zero-order valence-corrected chi connectivity index (χ0v) is 12.8. The van der Waals surface area contributed by atoms with Crippen LogP contribution in [0.3, 0.4) is 0 Å². The molecule has 1 aliphatic rings. The monoisotopic (exact) mass is 320 g/mol. The lowest BCUT2D eigenvalue weighted by Gasteiger charge is -2.28. The van der Waals surface area contributed by atoms with Gasteiger partial charge in [0.1, 0.15) is 5.69 Å². The Hall–Kier alpha value is -2.38. The highest BCUT2D eigenvalue weighted by Crippen LogP contribution is 2.34. The molecule has 23 heavy (non-hydrogen) atoms. The first-order valence-corrected chi connectivity index (χ1v) is 7.51. The number of nitrogens with one attached hydrogen (secondary N) is 1. The van der Waals surface area contributed by atoms with E-state index in [2.05, 4.69) is 25.3 Å². The van der Waals surface area contributed by atoms with E-state index < -0.39 is 5.92 Å². The lowest BCUT2D eigenvalue weighted by Crippen LogP contribution is -2.32. The van der Waals surface area contributed by atoms with Crippen molar-refractivity contribution in [1.29, 1.82) is 0 Å². The van der Waals surface area contributed by atoms with Gasteiger partial charge in [-0.3, -0.25) is 0 Å². The third-order valence-corrected chi connectivity index (χ3v) is 3.82. The minimum atomic E-state index is -2.56. The Bertz CT molecular complexity index is 696. The summed E-state index contributed by atoms with van der Waals surface area (Å²) in [5, 5.41) is 3.08. The Kier molecular flexibility index (Phi) is 4.06. The van der Waals surface area contributed by atoms with Gasteiger partial charge in [0, 0.05) is 24.6 Å². The molecule has 2 aromatic heterocycles. The van der Waals surface area contributed by atoms with Crippen LogP contribution in [0.5, 0.6) is 0 Å². The number of anilines is 2. The molecule has 0 spiro atoms. The van der Waals surface area contributed by atoms with E-state index >= 15 is 0 Å². The summed E-state index contributed by atoms with van der Waals surface area (Å²) >= 11 is 0. The van der Waals surface area contributed by atoms with Crippen LogP contribution in [0.2, 0.25) is 0 Å². The molecule has 2 aromatic rings. The summed E-state index contributed by atoms with van der Waals surface area (Å²) in [6.45, 7) is 1.87. The molecule has 0 aromatic carbocycles. The molecule has 2 heterocycles. The van der Waals surface area contributed by atoms with Crippen LogP contribution in [-0.2, 0) is 0 Å². The van der Waals surface area contributed by atoms with E-state index in [9.17, 15) is 8.78 Å². The summed E-state index contributed by atoms with van der Waals surface area (Å²) in [5.41, 5.74) is 7.17. The molecular formula is C15H18F2N6. The molecule has 6 nitrogen and oxygen atoms in total. The standard InChI is InChI=1S/C15H18F2N6/c1-9-3-2-4-11(19-9)12-21-13(18)23-14(22-12)20-10-5-7-15(16,17)8-6-10/h2-4,10H,5-8H2,1H3,(H3,18,20,21,22,23). The largest absolute Gasteiger partial charge is 0.368 e. The first-order valence-electron chi connectivity index (χ1n) is 7.51. The number of aromatic nitrogens is 4. The average molecular weight is 320 g/mol. The Morgan fingerprint density at radius 1 is 1.13 bits per heavy atom. The predicted octanol–water partition coefficient (Wildman–Crippen LogP) is 2.81. The highest BCUT2D eigenvalue weighted by atomic mass is 19.3. The van der Waals surface area contributed by atoms with E-state index in [4.69, 9.17) is 5.73 Å². The molecule has 1 aliphatic carbocycles.